The first kappa shape index (κ1) is 24.9. The molecule has 0 bridgehead atoms. The minimum atomic E-state index is -4.89. The van der Waals surface area contributed by atoms with Gasteiger partial charge in [0.25, 0.3) is 5.91 Å². The zero-order chi connectivity index (χ0) is 26.3. The van der Waals surface area contributed by atoms with Gasteiger partial charge in [-0.3, -0.25) is 14.3 Å². The Morgan fingerprint density at radius 2 is 1.75 bits per heavy atom. The molecule has 4 rings (SSSR count). The van der Waals surface area contributed by atoms with Crippen molar-refractivity contribution < 1.29 is 31.2 Å². The molecule has 0 saturated carbocycles. The third kappa shape index (κ3) is 5.20. The fourth-order valence-corrected chi connectivity index (χ4v) is 4.14. The van der Waals surface area contributed by atoms with E-state index in [4.69, 9.17) is 5.73 Å². The molecule has 9 nitrogen and oxygen atoms in total. The van der Waals surface area contributed by atoms with Crippen molar-refractivity contribution in [2.75, 3.05) is 11.6 Å². The van der Waals surface area contributed by atoms with Crippen molar-refractivity contribution in [2.45, 2.75) is 17.6 Å². The summed E-state index contributed by atoms with van der Waals surface area (Å²) in [6.07, 6.45) is -2.85. The van der Waals surface area contributed by atoms with Crippen molar-refractivity contribution >= 4 is 38.2 Å². The Kier molecular flexibility index (Phi) is 6.26. The molecule has 0 atom stereocenters. The average Bonchev–Trinajstić information content (AvgIpc) is 3.20. The lowest BCUT2D eigenvalue weighted by molar-refractivity contribution is -0.140. The van der Waals surface area contributed by atoms with Gasteiger partial charge in [0.1, 0.15) is 5.69 Å². The molecular formula is C23H18F3N5O4S. The van der Waals surface area contributed by atoms with Crippen molar-refractivity contribution in [3.8, 4) is 0 Å². The normalized spacial score (nSPS) is 12.0. The molecule has 0 aliphatic carbocycles. The molecule has 0 radical (unpaired) electrons. The van der Waals surface area contributed by atoms with Gasteiger partial charge in [-0.25, -0.2) is 13.4 Å². The van der Waals surface area contributed by atoms with E-state index < -0.39 is 39.2 Å². The monoisotopic (exact) mass is 517 g/mol. The highest BCUT2D eigenvalue weighted by molar-refractivity contribution is 7.90. The van der Waals surface area contributed by atoms with Gasteiger partial charge < -0.3 is 11.1 Å². The molecule has 3 N–H and O–H groups in total. The SMILES string of the molecule is CS(=O)(=O)c1ccc(Cn2cc(NC(=O)c3cc(C(N)=O)c4ccccc4n3)c(C(F)(F)F)n2)cc1. The van der Waals surface area contributed by atoms with Gasteiger partial charge in [-0.1, -0.05) is 30.3 Å². The fourth-order valence-electron chi connectivity index (χ4n) is 3.51. The molecule has 13 heteroatoms. The number of sulfone groups is 1. The Hall–Kier alpha value is -4.26. The topological polar surface area (TPSA) is 137 Å². The van der Waals surface area contributed by atoms with E-state index >= 15 is 0 Å². The van der Waals surface area contributed by atoms with Crippen LogP contribution in [-0.4, -0.2) is 41.3 Å². The fraction of sp³-hybridized carbons (Fsp3) is 0.130. The number of nitrogens with zero attached hydrogens (tertiary/aromatic N) is 3. The zero-order valence-corrected chi connectivity index (χ0v) is 19.4. The Morgan fingerprint density at radius 3 is 2.36 bits per heavy atom. The number of alkyl halides is 3. The lowest BCUT2D eigenvalue weighted by Crippen LogP contribution is -2.19. The number of amides is 2. The van der Waals surface area contributed by atoms with E-state index in [2.05, 4.69) is 15.4 Å². The van der Waals surface area contributed by atoms with Crippen molar-refractivity contribution in [1.82, 2.24) is 14.8 Å². The highest BCUT2D eigenvalue weighted by Crippen LogP contribution is 2.34. The number of para-hydroxylation sites is 1. The van der Waals surface area contributed by atoms with Crippen LogP contribution in [0.2, 0.25) is 0 Å². The van der Waals surface area contributed by atoms with Gasteiger partial charge in [-0.15, -0.1) is 0 Å². The average molecular weight is 517 g/mol. The zero-order valence-electron chi connectivity index (χ0n) is 18.6. The number of rotatable bonds is 6. The lowest BCUT2D eigenvalue weighted by Gasteiger charge is -2.09. The van der Waals surface area contributed by atoms with Gasteiger partial charge in [0.2, 0.25) is 5.91 Å². The predicted molar refractivity (Wildman–Crippen MR) is 124 cm³/mol. The van der Waals surface area contributed by atoms with Crippen LogP contribution in [0.3, 0.4) is 0 Å². The van der Waals surface area contributed by atoms with Crippen LogP contribution in [-0.2, 0) is 22.6 Å². The third-order valence-electron chi connectivity index (χ3n) is 5.19. The number of carbonyl (C=O) groups excluding carboxylic acids is 2. The van der Waals surface area contributed by atoms with Crippen LogP contribution in [0.25, 0.3) is 10.9 Å². The van der Waals surface area contributed by atoms with Crippen LogP contribution in [0.1, 0.15) is 32.1 Å². The van der Waals surface area contributed by atoms with Crippen LogP contribution < -0.4 is 11.1 Å². The molecule has 2 amide bonds. The van der Waals surface area contributed by atoms with Gasteiger partial charge in [0.15, 0.2) is 15.5 Å². The highest BCUT2D eigenvalue weighted by atomic mass is 32.2. The number of nitrogens with one attached hydrogen (secondary N) is 1. The van der Waals surface area contributed by atoms with E-state index in [0.717, 1.165) is 23.2 Å². The summed E-state index contributed by atoms with van der Waals surface area (Å²) < 4.78 is 65.1. The van der Waals surface area contributed by atoms with Gasteiger partial charge >= 0.3 is 6.18 Å². The molecular weight excluding hydrogens is 499 g/mol. The molecule has 0 saturated heterocycles. The largest absolute Gasteiger partial charge is 0.437 e. The summed E-state index contributed by atoms with van der Waals surface area (Å²) in [5.41, 5.74) is 3.89. The maximum Gasteiger partial charge on any atom is 0.437 e. The van der Waals surface area contributed by atoms with E-state index in [1.807, 2.05) is 0 Å². The quantitative estimate of drug-likeness (QED) is 0.403. The van der Waals surface area contributed by atoms with E-state index in [1.165, 1.54) is 30.3 Å². The maximum atomic E-state index is 13.6. The molecule has 36 heavy (non-hydrogen) atoms. The number of carbonyl (C=O) groups is 2. The van der Waals surface area contributed by atoms with Crippen LogP contribution in [0, 0.1) is 0 Å². The molecule has 0 aliphatic rings. The third-order valence-corrected chi connectivity index (χ3v) is 6.32. The summed E-state index contributed by atoms with van der Waals surface area (Å²) in [5.74, 6) is -1.82. The Balaban J connectivity index is 1.65. The molecule has 0 spiro atoms. The maximum absolute atomic E-state index is 13.6. The number of halogens is 3. The van der Waals surface area contributed by atoms with Gasteiger partial charge in [-0.05, 0) is 29.8 Å². The minimum absolute atomic E-state index is 0.00460. The Morgan fingerprint density at radius 1 is 1.08 bits per heavy atom. The summed E-state index contributed by atoms with van der Waals surface area (Å²) in [4.78, 5) is 28.9. The molecule has 0 aliphatic heterocycles. The highest BCUT2D eigenvalue weighted by Gasteiger charge is 2.38. The number of primary amides is 1. The first-order valence-corrected chi connectivity index (χ1v) is 12.2. The summed E-state index contributed by atoms with van der Waals surface area (Å²) in [7, 11) is -3.43. The van der Waals surface area contributed by atoms with Gasteiger partial charge in [-0.2, -0.15) is 18.3 Å². The van der Waals surface area contributed by atoms with Crippen molar-refractivity contribution in [2.24, 2.45) is 5.73 Å². The van der Waals surface area contributed by atoms with Crippen molar-refractivity contribution in [3.63, 3.8) is 0 Å². The summed E-state index contributed by atoms with van der Waals surface area (Å²) in [6, 6.07) is 13.1. The second kappa shape index (κ2) is 9.07. The first-order chi connectivity index (χ1) is 16.8. The van der Waals surface area contributed by atoms with Gasteiger partial charge in [0, 0.05) is 17.8 Å². The smallest absolute Gasteiger partial charge is 0.366 e. The summed E-state index contributed by atoms with van der Waals surface area (Å²) in [6.45, 7) is -0.122. The second-order valence-electron chi connectivity index (χ2n) is 7.89. The van der Waals surface area contributed by atoms with E-state index in [0.29, 0.717) is 10.9 Å². The molecule has 0 unspecified atom stereocenters. The van der Waals surface area contributed by atoms with Crippen molar-refractivity contribution in [1.29, 1.82) is 0 Å². The van der Waals surface area contributed by atoms with Crippen LogP contribution in [0.4, 0.5) is 18.9 Å². The van der Waals surface area contributed by atoms with E-state index in [1.54, 1.807) is 18.2 Å². The number of fused-ring (bicyclic) bond motifs is 1. The van der Waals surface area contributed by atoms with Crippen LogP contribution in [0.15, 0.2) is 65.7 Å². The van der Waals surface area contributed by atoms with Crippen LogP contribution in [0.5, 0.6) is 0 Å². The standard InChI is InChI=1S/C23H18F3N5O4S/c1-36(34,35)14-8-6-13(7-9-14)11-31-12-19(20(30-31)23(24,25)26)29-22(33)18-10-16(21(27)32)15-4-2-3-5-17(15)28-18/h2-10,12H,11H2,1H3,(H2,27,32)(H,29,33). The van der Waals surface area contributed by atoms with E-state index in [9.17, 15) is 31.2 Å². The van der Waals surface area contributed by atoms with E-state index in [-0.39, 0.29) is 28.2 Å². The molecule has 0 fully saturated rings. The number of hydrogen-bond donors (Lipinski definition) is 2. The second-order valence-corrected chi connectivity index (χ2v) is 9.91. The Labute approximate surface area is 202 Å². The minimum Gasteiger partial charge on any atom is -0.366 e. The lowest BCUT2D eigenvalue weighted by atomic mass is 10.1. The van der Waals surface area contributed by atoms with Gasteiger partial charge in [0.05, 0.1) is 28.2 Å². The summed E-state index contributed by atoms with van der Waals surface area (Å²) >= 11 is 0. The molecule has 186 valence electrons. The molecule has 4 aromatic rings. The number of benzene rings is 2. The summed E-state index contributed by atoms with van der Waals surface area (Å²) in [5, 5.41) is 6.11. The predicted octanol–water partition coefficient (Wildman–Crippen LogP) is 3.25. The number of nitrogens with two attached hydrogens (primary N) is 1. The van der Waals surface area contributed by atoms with Crippen molar-refractivity contribution in [3.05, 3.63) is 83.3 Å². The Bertz CT molecular complexity index is 1600. The molecule has 2 aromatic heterocycles. The number of pyridine rings is 1. The number of aromatic nitrogens is 3. The molecule has 2 heterocycles. The molecule has 2 aromatic carbocycles. The first-order valence-electron chi connectivity index (χ1n) is 10.3. The van der Waals surface area contributed by atoms with Crippen LogP contribution >= 0.6 is 0 Å². The number of hydrogen-bond acceptors (Lipinski definition) is 6. The number of anilines is 1.